The first kappa shape index (κ1) is 11.7. The highest BCUT2D eigenvalue weighted by Gasteiger charge is 2.30. The van der Waals surface area contributed by atoms with E-state index in [1.165, 1.54) is 0 Å². The van der Waals surface area contributed by atoms with Crippen molar-refractivity contribution in [1.82, 2.24) is 0 Å². The minimum absolute atomic E-state index is 0.0691. The maximum atomic E-state index is 11.8. The second-order valence-corrected chi connectivity index (χ2v) is 4.75. The highest BCUT2D eigenvalue weighted by molar-refractivity contribution is 6.36. The van der Waals surface area contributed by atoms with Gasteiger partial charge in [0.05, 0.1) is 10.7 Å². The standard InChI is InChI=1S/C11H12Cl2N2O/c12-8-1-2-10(9(13)4-8)15-6-7(5-14)3-11(15)16/h1-2,4,7H,3,5-6,14H2. The Morgan fingerprint density at radius 2 is 2.19 bits per heavy atom. The van der Waals surface area contributed by atoms with Crippen molar-refractivity contribution in [3.05, 3.63) is 28.2 Å². The largest absolute Gasteiger partial charge is 0.330 e. The summed E-state index contributed by atoms with van der Waals surface area (Å²) >= 11 is 11.9. The fourth-order valence-corrected chi connectivity index (χ4v) is 2.38. The summed E-state index contributed by atoms with van der Waals surface area (Å²) < 4.78 is 0. The number of hydrogen-bond acceptors (Lipinski definition) is 2. The van der Waals surface area contributed by atoms with Crippen molar-refractivity contribution in [3.63, 3.8) is 0 Å². The molecule has 0 bridgehead atoms. The smallest absolute Gasteiger partial charge is 0.227 e. The Hall–Kier alpha value is -0.770. The number of halogens is 2. The predicted molar refractivity (Wildman–Crippen MR) is 66.0 cm³/mol. The number of anilines is 1. The molecule has 1 aliphatic rings. The van der Waals surface area contributed by atoms with Crippen LogP contribution in [0.3, 0.4) is 0 Å². The van der Waals surface area contributed by atoms with Gasteiger partial charge in [0, 0.05) is 18.0 Å². The number of nitrogens with zero attached hydrogens (tertiary/aromatic N) is 1. The molecule has 86 valence electrons. The number of carbonyl (C=O) groups excluding carboxylic acids is 1. The normalized spacial score (nSPS) is 20.6. The van der Waals surface area contributed by atoms with E-state index in [2.05, 4.69) is 0 Å². The number of benzene rings is 1. The second-order valence-electron chi connectivity index (χ2n) is 3.91. The first-order valence-electron chi connectivity index (χ1n) is 5.07. The molecule has 1 heterocycles. The van der Waals surface area contributed by atoms with Crippen LogP contribution in [-0.2, 0) is 4.79 Å². The van der Waals surface area contributed by atoms with Gasteiger partial charge in [0.2, 0.25) is 5.91 Å². The molecular formula is C11H12Cl2N2O. The maximum absolute atomic E-state index is 11.8. The maximum Gasteiger partial charge on any atom is 0.227 e. The molecule has 0 aromatic heterocycles. The second kappa shape index (κ2) is 4.62. The van der Waals surface area contributed by atoms with Crippen LogP contribution in [0, 0.1) is 5.92 Å². The molecule has 3 nitrogen and oxygen atoms in total. The SMILES string of the molecule is NCC1CC(=O)N(c2ccc(Cl)cc2Cl)C1. The van der Waals surface area contributed by atoms with Gasteiger partial charge >= 0.3 is 0 Å². The molecule has 0 spiro atoms. The van der Waals surface area contributed by atoms with Crippen molar-refractivity contribution in [1.29, 1.82) is 0 Å². The van der Waals surface area contributed by atoms with Gasteiger partial charge in [0.15, 0.2) is 0 Å². The number of rotatable bonds is 2. The van der Waals surface area contributed by atoms with Gasteiger partial charge < -0.3 is 10.6 Å². The van der Waals surface area contributed by atoms with Crippen LogP contribution in [0.1, 0.15) is 6.42 Å². The summed E-state index contributed by atoms with van der Waals surface area (Å²) in [6.45, 7) is 1.16. The van der Waals surface area contributed by atoms with Gasteiger partial charge in [-0.3, -0.25) is 4.79 Å². The molecule has 2 rings (SSSR count). The van der Waals surface area contributed by atoms with Crippen LogP contribution >= 0.6 is 23.2 Å². The van der Waals surface area contributed by atoms with Gasteiger partial charge in [0.1, 0.15) is 0 Å². The molecule has 0 saturated carbocycles. The molecule has 1 fully saturated rings. The van der Waals surface area contributed by atoms with Crippen LogP contribution in [0.5, 0.6) is 0 Å². The van der Waals surface area contributed by atoms with Crippen molar-refractivity contribution >= 4 is 34.8 Å². The van der Waals surface area contributed by atoms with Gasteiger partial charge in [-0.1, -0.05) is 23.2 Å². The van der Waals surface area contributed by atoms with Crippen LogP contribution in [0.4, 0.5) is 5.69 Å². The number of nitrogens with two attached hydrogens (primary N) is 1. The van der Waals surface area contributed by atoms with Gasteiger partial charge in [-0.25, -0.2) is 0 Å². The van der Waals surface area contributed by atoms with E-state index in [9.17, 15) is 4.79 Å². The van der Waals surface area contributed by atoms with Gasteiger partial charge in [-0.2, -0.15) is 0 Å². The average Bonchev–Trinajstić information content (AvgIpc) is 2.60. The lowest BCUT2D eigenvalue weighted by Gasteiger charge is -2.18. The molecule has 0 radical (unpaired) electrons. The Morgan fingerprint density at radius 1 is 1.44 bits per heavy atom. The molecule has 2 N–H and O–H groups in total. The van der Waals surface area contributed by atoms with E-state index in [4.69, 9.17) is 28.9 Å². The number of amides is 1. The summed E-state index contributed by atoms with van der Waals surface area (Å²) in [5.74, 6) is 0.291. The molecule has 1 atom stereocenters. The van der Waals surface area contributed by atoms with Gasteiger partial charge in [-0.15, -0.1) is 0 Å². The third-order valence-electron chi connectivity index (χ3n) is 2.74. The summed E-state index contributed by atoms with van der Waals surface area (Å²) in [5.41, 5.74) is 6.28. The minimum Gasteiger partial charge on any atom is -0.330 e. The van der Waals surface area contributed by atoms with Crippen molar-refractivity contribution in [2.24, 2.45) is 11.7 Å². The zero-order chi connectivity index (χ0) is 11.7. The molecule has 1 aliphatic heterocycles. The first-order valence-corrected chi connectivity index (χ1v) is 5.83. The van der Waals surface area contributed by atoms with Crippen molar-refractivity contribution in [3.8, 4) is 0 Å². The van der Waals surface area contributed by atoms with Gasteiger partial charge in [-0.05, 0) is 30.7 Å². The van der Waals surface area contributed by atoms with E-state index in [0.29, 0.717) is 35.2 Å². The molecule has 16 heavy (non-hydrogen) atoms. The molecule has 1 saturated heterocycles. The van der Waals surface area contributed by atoms with Crippen molar-refractivity contribution in [2.75, 3.05) is 18.0 Å². The zero-order valence-electron chi connectivity index (χ0n) is 8.62. The van der Waals surface area contributed by atoms with Gasteiger partial charge in [0.25, 0.3) is 0 Å². The quantitative estimate of drug-likeness (QED) is 0.885. The minimum atomic E-state index is 0.0691. The summed E-state index contributed by atoms with van der Waals surface area (Å²) in [4.78, 5) is 13.4. The Balaban J connectivity index is 2.28. The summed E-state index contributed by atoms with van der Waals surface area (Å²) in [5, 5.41) is 1.06. The third kappa shape index (κ3) is 2.17. The summed E-state index contributed by atoms with van der Waals surface area (Å²) in [6, 6.07) is 5.13. The molecule has 1 aromatic carbocycles. The van der Waals surface area contributed by atoms with Crippen molar-refractivity contribution < 1.29 is 4.79 Å². The summed E-state index contributed by atoms with van der Waals surface area (Å²) in [6.07, 6.45) is 0.495. The monoisotopic (exact) mass is 258 g/mol. The molecule has 1 unspecified atom stereocenters. The topological polar surface area (TPSA) is 46.3 Å². The van der Waals surface area contributed by atoms with Crippen LogP contribution < -0.4 is 10.6 Å². The van der Waals surface area contributed by atoms with E-state index in [0.717, 1.165) is 0 Å². The lowest BCUT2D eigenvalue weighted by molar-refractivity contribution is -0.117. The number of hydrogen-bond donors (Lipinski definition) is 1. The predicted octanol–water partition coefficient (Wildman–Crippen LogP) is 2.31. The fraction of sp³-hybridized carbons (Fsp3) is 0.364. The Labute approximate surface area is 104 Å². The fourth-order valence-electron chi connectivity index (χ4n) is 1.87. The Kier molecular flexibility index (Phi) is 3.38. The molecular weight excluding hydrogens is 247 g/mol. The van der Waals surface area contributed by atoms with Crippen LogP contribution in [0.2, 0.25) is 10.0 Å². The Morgan fingerprint density at radius 3 is 2.75 bits per heavy atom. The molecule has 1 amide bonds. The van der Waals surface area contributed by atoms with E-state index in [1.807, 2.05) is 0 Å². The highest BCUT2D eigenvalue weighted by Crippen LogP contribution is 2.32. The van der Waals surface area contributed by atoms with E-state index in [-0.39, 0.29) is 11.8 Å². The van der Waals surface area contributed by atoms with Crippen LogP contribution in [-0.4, -0.2) is 19.0 Å². The van der Waals surface area contributed by atoms with E-state index < -0.39 is 0 Å². The van der Waals surface area contributed by atoms with E-state index >= 15 is 0 Å². The molecule has 1 aromatic rings. The zero-order valence-corrected chi connectivity index (χ0v) is 10.1. The molecule has 5 heteroatoms. The van der Waals surface area contributed by atoms with Crippen LogP contribution in [0.15, 0.2) is 18.2 Å². The van der Waals surface area contributed by atoms with Crippen LogP contribution in [0.25, 0.3) is 0 Å². The summed E-state index contributed by atoms with van der Waals surface area (Å²) in [7, 11) is 0. The lowest BCUT2D eigenvalue weighted by Crippen LogP contribution is -2.25. The lowest BCUT2D eigenvalue weighted by atomic mass is 10.1. The Bertz CT molecular complexity index is 422. The highest BCUT2D eigenvalue weighted by atomic mass is 35.5. The molecule has 0 aliphatic carbocycles. The number of carbonyl (C=O) groups is 1. The first-order chi connectivity index (χ1) is 7.61. The van der Waals surface area contributed by atoms with Crippen molar-refractivity contribution in [2.45, 2.75) is 6.42 Å². The third-order valence-corrected chi connectivity index (χ3v) is 3.28. The average molecular weight is 259 g/mol. The van der Waals surface area contributed by atoms with E-state index in [1.54, 1.807) is 23.1 Å².